The number of benzene rings is 2. The van der Waals surface area contributed by atoms with Gasteiger partial charge in [0.2, 0.25) is 0 Å². The molecule has 0 spiro atoms. The minimum atomic E-state index is -0.391. The first-order valence-electron chi connectivity index (χ1n) is 9.16. The van der Waals surface area contributed by atoms with Crippen molar-refractivity contribution in [1.82, 2.24) is 5.32 Å². The molecule has 1 atom stereocenters. The van der Waals surface area contributed by atoms with Gasteiger partial charge in [0.25, 0.3) is 0 Å². The fraction of sp³-hybridized carbons (Fsp3) is 0.273. The summed E-state index contributed by atoms with van der Waals surface area (Å²) in [4.78, 5) is 0. The van der Waals surface area contributed by atoms with Gasteiger partial charge in [0.05, 0.1) is 23.9 Å². The molecular formula is C22H23ClFNO3. The highest BCUT2D eigenvalue weighted by atomic mass is 35.5. The summed E-state index contributed by atoms with van der Waals surface area (Å²) in [5.74, 6) is 1.65. The minimum Gasteiger partial charge on any atom is -0.490 e. The molecule has 0 saturated heterocycles. The largest absolute Gasteiger partial charge is 0.490 e. The fourth-order valence-corrected chi connectivity index (χ4v) is 3.00. The SMILES string of the molecule is CCOc1cc(CNC(C)c2ccco2)ccc1OCc1c(F)cccc1Cl. The molecule has 0 bridgehead atoms. The third kappa shape index (κ3) is 5.06. The van der Waals surface area contributed by atoms with Crippen molar-refractivity contribution in [2.45, 2.75) is 33.0 Å². The predicted octanol–water partition coefficient (Wildman–Crippen LogP) is 5.90. The molecular weight excluding hydrogens is 381 g/mol. The Hall–Kier alpha value is -2.50. The molecule has 0 radical (unpaired) electrons. The van der Waals surface area contributed by atoms with Crippen molar-refractivity contribution in [3.05, 3.63) is 82.5 Å². The van der Waals surface area contributed by atoms with Gasteiger partial charge in [0, 0.05) is 12.1 Å². The Bertz CT molecular complexity index is 879. The van der Waals surface area contributed by atoms with Gasteiger partial charge < -0.3 is 19.2 Å². The minimum absolute atomic E-state index is 0.0265. The highest BCUT2D eigenvalue weighted by Gasteiger charge is 2.12. The Morgan fingerprint density at radius 1 is 1.11 bits per heavy atom. The molecule has 1 aromatic heterocycles. The van der Waals surface area contributed by atoms with Gasteiger partial charge in [-0.1, -0.05) is 23.7 Å². The van der Waals surface area contributed by atoms with E-state index in [1.807, 2.05) is 44.2 Å². The second-order valence-electron chi connectivity index (χ2n) is 6.32. The van der Waals surface area contributed by atoms with Crippen LogP contribution in [0.15, 0.2) is 59.2 Å². The van der Waals surface area contributed by atoms with Crippen molar-refractivity contribution >= 4 is 11.6 Å². The number of halogens is 2. The van der Waals surface area contributed by atoms with Crippen LogP contribution >= 0.6 is 11.6 Å². The quantitative estimate of drug-likeness (QED) is 0.483. The van der Waals surface area contributed by atoms with Crippen LogP contribution < -0.4 is 14.8 Å². The second kappa shape index (κ2) is 9.62. The number of ether oxygens (including phenoxy) is 2. The lowest BCUT2D eigenvalue weighted by Crippen LogP contribution is -2.17. The molecule has 0 saturated carbocycles. The molecule has 1 unspecified atom stereocenters. The first kappa shape index (κ1) is 20.2. The Morgan fingerprint density at radius 2 is 1.96 bits per heavy atom. The Morgan fingerprint density at radius 3 is 2.68 bits per heavy atom. The van der Waals surface area contributed by atoms with Crippen molar-refractivity contribution in [3.8, 4) is 11.5 Å². The summed E-state index contributed by atoms with van der Waals surface area (Å²) in [6.45, 7) is 5.11. The smallest absolute Gasteiger partial charge is 0.161 e. The second-order valence-corrected chi connectivity index (χ2v) is 6.73. The molecule has 3 aromatic rings. The first-order valence-corrected chi connectivity index (χ1v) is 9.54. The molecule has 28 heavy (non-hydrogen) atoms. The zero-order chi connectivity index (χ0) is 19.9. The first-order chi connectivity index (χ1) is 13.6. The van der Waals surface area contributed by atoms with E-state index in [0.717, 1.165) is 11.3 Å². The van der Waals surface area contributed by atoms with Crippen LogP contribution in [0.25, 0.3) is 0 Å². The monoisotopic (exact) mass is 403 g/mol. The van der Waals surface area contributed by atoms with Crippen LogP contribution in [0.5, 0.6) is 11.5 Å². The van der Waals surface area contributed by atoms with E-state index in [4.69, 9.17) is 25.5 Å². The average molecular weight is 404 g/mol. The van der Waals surface area contributed by atoms with Crippen molar-refractivity contribution in [2.75, 3.05) is 6.61 Å². The standard InChI is InChI=1S/C22H23ClFNO3/c1-3-26-22-12-16(13-25-15(2)20-8-5-11-27-20)9-10-21(22)28-14-17-18(23)6-4-7-19(17)24/h4-12,15,25H,3,13-14H2,1-2H3. The summed E-state index contributed by atoms with van der Waals surface area (Å²) >= 11 is 6.07. The molecule has 0 fully saturated rings. The van der Waals surface area contributed by atoms with E-state index in [2.05, 4.69) is 5.32 Å². The van der Waals surface area contributed by atoms with Crippen LogP contribution in [0.2, 0.25) is 5.02 Å². The molecule has 0 aliphatic heterocycles. The summed E-state index contributed by atoms with van der Waals surface area (Å²) in [6, 6.07) is 14.2. The fourth-order valence-electron chi connectivity index (χ4n) is 2.78. The van der Waals surface area contributed by atoms with Crippen LogP contribution in [-0.4, -0.2) is 6.61 Å². The molecule has 0 amide bonds. The molecule has 148 valence electrons. The molecule has 0 aliphatic carbocycles. The van der Waals surface area contributed by atoms with E-state index in [-0.39, 0.29) is 12.6 Å². The lowest BCUT2D eigenvalue weighted by Gasteiger charge is -2.16. The van der Waals surface area contributed by atoms with Crippen LogP contribution in [0.3, 0.4) is 0 Å². The van der Waals surface area contributed by atoms with Crippen molar-refractivity contribution in [3.63, 3.8) is 0 Å². The van der Waals surface area contributed by atoms with Crippen LogP contribution in [-0.2, 0) is 13.2 Å². The summed E-state index contributed by atoms with van der Waals surface area (Å²) in [5, 5.41) is 3.74. The molecule has 1 heterocycles. The third-order valence-corrected chi connectivity index (χ3v) is 4.68. The topological polar surface area (TPSA) is 43.6 Å². The van der Waals surface area contributed by atoms with Gasteiger partial charge in [-0.25, -0.2) is 4.39 Å². The van der Waals surface area contributed by atoms with Gasteiger partial charge >= 0.3 is 0 Å². The van der Waals surface area contributed by atoms with E-state index < -0.39 is 5.82 Å². The van der Waals surface area contributed by atoms with Gasteiger partial charge in [-0.2, -0.15) is 0 Å². The van der Waals surface area contributed by atoms with Crippen molar-refractivity contribution < 1.29 is 18.3 Å². The molecule has 6 heteroatoms. The predicted molar refractivity (Wildman–Crippen MR) is 107 cm³/mol. The number of furan rings is 1. The van der Waals surface area contributed by atoms with Gasteiger partial charge in [-0.15, -0.1) is 0 Å². The van der Waals surface area contributed by atoms with Gasteiger partial charge in [-0.3, -0.25) is 0 Å². The number of nitrogens with one attached hydrogen (secondary N) is 1. The Kier molecular flexibility index (Phi) is 6.95. The van der Waals surface area contributed by atoms with E-state index >= 15 is 0 Å². The number of hydrogen-bond donors (Lipinski definition) is 1. The van der Waals surface area contributed by atoms with Gasteiger partial charge in [0.1, 0.15) is 18.2 Å². The summed E-state index contributed by atoms with van der Waals surface area (Å²) < 4.78 is 30.9. The van der Waals surface area contributed by atoms with E-state index in [1.165, 1.54) is 6.07 Å². The average Bonchev–Trinajstić information content (AvgIpc) is 3.22. The van der Waals surface area contributed by atoms with Gasteiger partial charge in [-0.05, 0) is 55.8 Å². The van der Waals surface area contributed by atoms with Crippen molar-refractivity contribution in [2.24, 2.45) is 0 Å². The van der Waals surface area contributed by atoms with E-state index in [1.54, 1.807) is 18.4 Å². The van der Waals surface area contributed by atoms with Crippen molar-refractivity contribution in [1.29, 1.82) is 0 Å². The molecule has 3 rings (SSSR count). The normalized spacial score (nSPS) is 12.0. The summed E-state index contributed by atoms with van der Waals surface area (Å²) in [5.41, 5.74) is 1.36. The lowest BCUT2D eigenvalue weighted by atomic mass is 10.1. The molecule has 1 N–H and O–H groups in total. The van der Waals surface area contributed by atoms with E-state index in [0.29, 0.717) is 35.2 Å². The Balaban J connectivity index is 1.68. The zero-order valence-corrected chi connectivity index (χ0v) is 16.6. The molecule has 4 nitrogen and oxygen atoms in total. The van der Waals surface area contributed by atoms with Gasteiger partial charge in [0.15, 0.2) is 11.5 Å². The van der Waals surface area contributed by atoms with Crippen LogP contribution in [0.1, 0.15) is 36.8 Å². The van der Waals surface area contributed by atoms with E-state index in [9.17, 15) is 4.39 Å². The Labute approximate surface area is 169 Å². The maximum Gasteiger partial charge on any atom is 0.161 e. The number of hydrogen-bond acceptors (Lipinski definition) is 4. The molecule has 2 aromatic carbocycles. The third-order valence-electron chi connectivity index (χ3n) is 4.32. The van der Waals surface area contributed by atoms with Crippen LogP contribution in [0, 0.1) is 5.82 Å². The maximum atomic E-state index is 13.9. The molecule has 0 aliphatic rings. The van der Waals surface area contributed by atoms with Crippen LogP contribution in [0.4, 0.5) is 4.39 Å². The zero-order valence-electron chi connectivity index (χ0n) is 15.9. The summed E-state index contributed by atoms with van der Waals surface area (Å²) in [6.07, 6.45) is 1.66. The summed E-state index contributed by atoms with van der Waals surface area (Å²) in [7, 11) is 0. The highest BCUT2D eigenvalue weighted by molar-refractivity contribution is 6.31. The lowest BCUT2D eigenvalue weighted by molar-refractivity contribution is 0.265. The maximum absolute atomic E-state index is 13.9. The highest BCUT2D eigenvalue weighted by Crippen LogP contribution is 2.31. The number of rotatable bonds is 9.